The van der Waals surface area contributed by atoms with E-state index >= 15 is 0 Å². The molecular formula is C9H20O3. The standard InChI is InChI=1S/C9H20O3/c1-4-9(3)12-6-5-11-7-8(2)10/h8-10H,4-7H2,1-3H3. The van der Waals surface area contributed by atoms with Gasteiger partial charge in [0.2, 0.25) is 0 Å². The van der Waals surface area contributed by atoms with Gasteiger partial charge in [0, 0.05) is 0 Å². The molecule has 1 N–H and O–H groups in total. The molecule has 0 aliphatic carbocycles. The van der Waals surface area contributed by atoms with Crippen LogP contribution in [0.25, 0.3) is 0 Å². The second-order valence-corrected chi connectivity index (χ2v) is 3.01. The van der Waals surface area contributed by atoms with Crippen molar-refractivity contribution in [3.05, 3.63) is 0 Å². The summed E-state index contributed by atoms with van der Waals surface area (Å²) in [6, 6.07) is 0. The molecule has 0 radical (unpaired) electrons. The van der Waals surface area contributed by atoms with Gasteiger partial charge in [-0.3, -0.25) is 0 Å². The van der Waals surface area contributed by atoms with Crippen LogP contribution in [0.1, 0.15) is 27.2 Å². The van der Waals surface area contributed by atoms with Crippen molar-refractivity contribution in [2.24, 2.45) is 0 Å². The van der Waals surface area contributed by atoms with Crippen LogP contribution in [-0.4, -0.2) is 37.1 Å². The van der Waals surface area contributed by atoms with E-state index in [1.165, 1.54) is 0 Å². The summed E-state index contributed by atoms with van der Waals surface area (Å²) in [4.78, 5) is 0. The Kier molecular flexibility index (Phi) is 7.45. The van der Waals surface area contributed by atoms with Gasteiger partial charge >= 0.3 is 0 Å². The quantitative estimate of drug-likeness (QED) is 0.592. The van der Waals surface area contributed by atoms with E-state index in [1.807, 2.05) is 6.92 Å². The molecule has 12 heavy (non-hydrogen) atoms. The third kappa shape index (κ3) is 7.98. The maximum Gasteiger partial charge on any atom is 0.0745 e. The third-order valence-electron chi connectivity index (χ3n) is 1.56. The first-order valence-electron chi connectivity index (χ1n) is 4.54. The van der Waals surface area contributed by atoms with Gasteiger partial charge in [0.1, 0.15) is 0 Å². The van der Waals surface area contributed by atoms with E-state index in [4.69, 9.17) is 14.6 Å². The van der Waals surface area contributed by atoms with E-state index in [2.05, 4.69) is 6.92 Å². The lowest BCUT2D eigenvalue weighted by molar-refractivity contribution is -0.0114. The summed E-state index contributed by atoms with van der Waals surface area (Å²) in [5, 5.41) is 8.84. The Bertz CT molecular complexity index is 93.8. The second-order valence-electron chi connectivity index (χ2n) is 3.01. The van der Waals surface area contributed by atoms with Crippen molar-refractivity contribution in [1.29, 1.82) is 0 Å². The lowest BCUT2D eigenvalue weighted by Gasteiger charge is -2.11. The Morgan fingerprint density at radius 2 is 1.92 bits per heavy atom. The van der Waals surface area contributed by atoms with Gasteiger partial charge in [-0.1, -0.05) is 6.92 Å². The molecule has 0 heterocycles. The zero-order valence-corrected chi connectivity index (χ0v) is 8.25. The summed E-state index contributed by atoms with van der Waals surface area (Å²) in [6.45, 7) is 7.40. The molecule has 0 aromatic rings. The number of ether oxygens (including phenoxy) is 2. The molecule has 0 aliphatic heterocycles. The van der Waals surface area contributed by atoms with Crippen LogP contribution >= 0.6 is 0 Å². The van der Waals surface area contributed by atoms with Gasteiger partial charge in [-0.2, -0.15) is 0 Å². The van der Waals surface area contributed by atoms with E-state index in [1.54, 1.807) is 6.92 Å². The average Bonchev–Trinajstić information content (AvgIpc) is 2.03. The fraction of sp³-hybridized carbons (Fsp3) is 1.00. The minimum absolute atomic E-state index is 0.306. The Hall–Kier alpha value is -0.120. The van der Waals surface area contributed by atoms with Crippen molar-refractivity contribution in [2.45, 2.75) is 39.4 Å². The van der Waals surface area contributed by atoms with E-state index < -0.39 is 0 Å². The number of aliphatic hydroxyl groups is 1. The molecule has 0 saturated heterocycles. The highest BCUT2D eigenvalue weighted by molar-refractivity contribution is 4.45. The lowest BCUT2D eigenvalue weighted by Crippen LogP contribution is -2.16. The Morgan fingerprint density at radius 1 is 1.25 bits per heavy atom. The van der Waals surface area contributed by atoms with Crippen molar-refractivity contribution in [3.63, 3.8) is 0 Å². The molecular weight excluding hydrogens is 156 g/mol. The Balaban J connectivity index is 3.00. The lowest BCUT2D eigenvalue weighted by atomic mass is 10.3. The highest BCUT2D eigenvalue weighted by atomic mass is 16.5. The van der Waals surface area contributed by atoms with Gasteiger partial charge in [-0.25, -0.2) is 0 Å². The molecule has 0 aromatic heterocycles. The van der Waals surface area contributed by atoms with E-state index in [9.17, 15) is 0 Å². The molecule has 0 fully saturated rings. The molecule has 0 bridgehead atoms. The number of rotatable bonds is 7. The van der Waals surface area contributed by atoms with Crippen LogP contribution in [0.3, 0.4) is 0 Å². The van der Waals surface area contributed by atoms with Gasteiger partial charge in [0.15, 0.2) is 0 Å². The summed E-state index contributed by atoms with van der Waals surface area (Å²) in [7, 11) is 0. The molecule has 0 rings (SSSR count). The van der Waals surface area contributed by atoms with E-state index in [0.29, 0.717) is 25.9 Å². The zero-order valence-electron chi connectivity index (χ0n) is 8.25. The minimum Gasteiger partial charge on any atom is -0.391 e. The molecule has 3 heteroatoms. The first-order chi connectivity index (χ1) is 5.66. The SMILES string of the molecule is CCC(C)OCCOCC(C)O. The minimum atomic E-state index is -0.381. The second kappa shape index (κ2) is 7.53. The summed E-state index contributed by atoms with van der Waals surface area (Å²) in [5.41, 5.74) is 0. The number of hydrogen-bond donors (Lipinski definition) is 1. The Labute approximate surface area is 74.7 Å². The molecule has 0 amide bonds. The van der Waals surface area contributed by atoms with Crippen LogP contribution < -0.4 is 0 Å². The Morgan fingerprint density at radius 3 is 2.42 bits per heavy atom. The van der Waals surface area contributed by atoms with Gasteiger partial charge in [0.25, 0.3) is 0 Å². The first kappa shape index (κ1) is 11.9. The zero-order chi connectivity index (χ0) is 9.40. The smallest absolute Gasteiger partial charge is 0.0745 e. The van der Waals surface area contributed by atoms with Crippen LogP contribution in [-0.2, 0) is 9.47 Å². The highest BCUT2D eigenvalue weighted by Gasteiger charge is 1.98. The summed E-state index contributed by atoms with van der Waals surface area (Å²) >= 11 is 0. The van der Waals surface area contributed by atoms with Crippen LogP contribution in [0.5, 0.6) is 0 Å². The summed E-state index contributed by atoms with van der Waals surface area (Å²) in [6.07, 6.45) is 0.949. The molecule has 0 spiro atoms. The fourth-order valence-corrected chi connectivity index (χ4v) is 0.680. The van der Waals surface area contributed by atoms with Crippen molar-refractivity contribution in [3.8, 4) is 0 Å². The van der Waals surface area contributed by atoms with Crippen molar-refractivity contribution in [1.82, 2.24) is 0 Å². The summed E-state index contributed by atoms with van der Waals surface area (Å²) in [5.74, 6) is 0. The highest BCUT2D eigenvalue weighted by Crippen LogP contribution is 1.94. The average molecular weight is 176 g/mol. The maximum atomic E-state index is 8.84. The molecule has 0 aliphatic rings. The third-order valence-corrected chi connectivity index (χ3v) is 1.56. The molecule has 74 valence electrons. The first-order valence-corrected chi connectivity index (χ1v) is 4.54. The molecule has 3 nitrogen and oxygen atoms in total. The predicted octanol–water partition coefficient (Wildman–Crippen LogP) is 1.20. The van der Waals surface area contributed by atoms with Gasteiger partial charge in [-0.05, 0) is 20.3 Å². The number of hydrogen-bond acceptors (Lipinski definition) is 3. The van der Waals surface area contributed by atoms with E-state index in [0.717, 1.165) is 6.42 Å². The van der Waals surface area contributed by atoms with Crippen molar-refractivity contribution < 1.29 is 14.6 Å². The van der Waals surface area contributed by atoms with E-state index in [-0.39, 0.29) is 6.10 Å². The topological polar surface area (TPSA) is 38.7 Å². The van der Waals surface area contributed by atoms with Crippen LogP contribution in [0.2, 0.25) is 0 Å². The number of aliphatic hydroxyl groups excluding tert-OH is 1. The van der Waals surface area contributed by atoms with Crippen molar-refractivity contribution in [2.75, 3.05) is 19.8 Å². The molecule has 0 saturated carbocycles. The van der Waals surface area contributed by atoms with Gasteiger partial charge in [0.05, 0.1) is 32.0 Å². The van der Waals surface area contributed by atoms with Crippen LogP contribution in [0, 0.1) is 0 Å². The van der Waals surface area contributed by atoms with Crippen molar-refractivity contribution >= 4 is 0 Å². The summed E-state index contributed by atoms with van der Waals surface area (Å²) < 4.78 is 10.5. The maximum absolute atomic E-state index is 8.84. The monoisotopic (exact) mass is 176 g/mol. The normalized spacial score (nSPS) is 16.0. The van der Waals surface area contributed by atoms with Gasteiger partial charge < -0.3 is 14.6 Å². The predicted molar refractivity (Wildman–Crippen MR) is 48.2 cm³/mol. The molecule has 2 unspecified atom stereocenters. The molecule has 0 aromatic carbocycles. The van der Waals surface area contributed by atoms with Crippen LogP contribution in [0.15, 0.2) is 0 Å². The fourth-order valence-electron chi connectivity index (χ4n) is 0.680. The van der Waals surface area contributed by atoms with Crippen LogP contribution in [0.4, 0.5) is 0 Å². The van der Waals surface area contributed by atoms with Gasteiger partial charge in [-0.15, -0.1) is 0 Å². The molecule has 2 atom stereocenters. The largest absolute Gasteiger partial charge is 0.391 e.